The summed E-state index contributed by atoms with van der Waals surface area (Å²) < 4.78 is 0. The summed E-state index contributed by atoms with van der Waals surface area (Å²) >= 11 is 0. The first-order valence-corrected chi connectivity index (χ1v) is 5.33. The first kappa shape index (κ1) is 10.5. The molecule has 0 amide bonds. The molecule has 88 valence electrons. The van der Waals surface area contributed by atoms with Crippen LogP contribution in [0, 0.1) is 0 Å². The molecule has 0 bridgehead atoms. The lowest BCUT2D eigenvalue weighted by atomic mass is 9.84. The SMILES string of the molecule is O=C1c2ccc(O)cc2C(=O)c2cc(O)ccc21. The van der Waals surface area contributed by atoms with Crippen molar-refractivity contribution in [1.29, 1.82) is 0 Å². The molecule has 0 fully saturated rings. The first-order chi connectivity index (χ1) is 8.58. The molecule has 0 aliphatic heterocycles. The maximum atomic E-state index is 12.2. The predicted octanol–water partition coefficient (Wildman–Crippen LogP) is 1.87. The zero-order chi connectivity index (χ0) is 12.9. The molecule has 2 aromatic rings. The molecule has 1 aliphatic carbocycles. The Hall–Kier alpha value is -2.62. The average Bonchev–Trinajstić information content (AvgIpc) is 2.35. The number of carbonyl (C=O) groups is 2. The molecule has 1 aliphatic rings. The molecule has 0 saturated heterocycles. The van der Waals surface area contributed by atoms with Gasteiger partial charge in [-0.3, -0.25) is 9.59 Å². The van der Waals surface area contributed by atoms with Gasteiger partial charge in [-0.05, 0) is 36.4 Å². The van der Waals surface area contributed by atoms with Gasteiger partial charge < -0.3 is 10.2 Å². The van der Waals surface area contributed by atoms with E-state index in [-0.39, 0.29) is 45.3 Å². The summed E-state index contributed by atoms with van der Waals surface area (Å²) in [6.45, 7) is 0. The van der Waals surface area contributed by atoms with Crippen LogP contribution in [-0.2, 0) is 0 Å². The maximum Gasteiger partial charge on any atom is 0.194 e. The van der Waals surface area contributed by atoms with Crippen molar-refractivity contribution >= 4 is 11.6 Å². The third-order valence-electron chi connectivity index (χ3n) is 2.98. The van der Waals surface area contributed by atoms with E-state index in [0.29, 0.717) is 0 Å². The highest BCUT2D eigenvalue weighted by molar-refractivity contribution is 6.28. The summed E-state index contributed by atoms with van der Waals surface area (Å²) in [4.78, 5) is 24.3. The van der Waals surface area contributed by atoms with Gasteiger partial charge in [0.15, 0.2) is 11.6 Å². The Morgan fingerprint density at radius 3 is 1.44 bits per heavy atom. The highest BCUT2D eigenvalue weighted by Crippen LogP contribution is 2.31. The van der Waals surface area contributed by atoms with Crippen LogP contribution in [0.2, 0.25) is 0 Å². The van der Waals surface area contributed by atoms with E-state index in [2.05, 4.69) is 0 Å². The molecule has 0 unspecified atom stereocenters. The molecule has 4 nitrogen and oxygen atoms in total. The summed E-state index contributed by atoms with van der Waals surface area (Å²) in [5, 5.41) is 18.8. The van der Waals surface area contributed by atoms with Crippen molar-refractivity contribution in [2.75, 3.05) is 0 Å². The number of phenols is 2. The van der Waals surface area contributed by atoms with Gasteiger partial charge >= 0.3 is 0 Å². The molecule has 2 aromatic carbocycles. The Bertz CT molecular complexity index is 643. The van der Waals surface area contributed by atoms with Crippen molar-refractivity contribution in [3.63, 3.8) is 0 Å². The summed E-state index contributed by atoms with van der Waals surface area (Å²) in [5.74, 6) is -0.789. The van der Waals surface area contributed by atoms with Gasteiger partial charge in [0.05, 0.1) is 0 Å². The normalized spacial score (nSPS) is 13.1. The molecule has 4 heteroatoms. The number of hydrogen-bond donors (Lipinski definition) is 2. The maximum absolute atomic E-state index is 12.2. The van der Waals surface area contributed by atoms with Crippen LogP contribution in [0.3, 0.4) is 0 Å². The molecule has 18 heavy (non-hydrogen) atoms. The molecule has 0 spiro atoms. The monoisotopic (exact) mass is 240 g/mol. The molecular formula is C14H8O4. The van der Waals surface area contributed by atoms with Crippen molar-refractivity contribution < 1.29 is 19.8 Å². The Morgan fingerprint density at radius 1 is 0.611 bits per heavy atom. The molecule has 0 saturated carbocycles. The fourth-order valence-electron chi connectivity index (χ4n) is 2.13. The standard InChI is InChI=1S/C14H8O4/c15-7-1-3-9-11(5-7)14(18)12-6-8(16)2-4-10(12)13(9)17/h1-6,15-16H. The van der Waals surface area contributed by atoms with Gasteiger partial charge in [0.2, 0.25) is 0 Å². The van der Waals surface area contributed by atoms with Crippen molar-refractivity contribution in [2.24, 2.45) is 0 Å². The van der Waals surface area contributed by atoms with E-state index < -0.39 is 0 Å². The van der Waals surface area contributed by atoms with Crippen LogP contribution in [0.5, 0.6) is 11.5 Å². The number of hydrogen-bond acceptors (Lipinski definition) is 4. The Kier molecular flexibility index (Phi) is 2.01. The summed E-state index contributed by atoms with van der Waals surface area (Å²) in [6.07, 6.45) is 0. The van der Waals surface area contributed by atoms with Gasteiger partial charge in [-0.2, -0.15) is 0 Å². The number of aromatic hydroxyl groups is 2. The fourth-order valence-corrected chi connectivity index (χ4v) is 2.13. The molecule has 0 aromatic heterocycles. The second-order valence-electron chi connectivity index (χ2n) is 4.12. The van der Waals surface area contributed by atoms with Gasteiger partial charge in [0, 0.05) is 22.3 Å². The first-order valence-electron chi connectivity index (χ1n) is 5.33. The van der Waals surface area contributed by atoms with Gasteiger partial charge in [-0.15, -0.1) is 0 Å². The van der Waals surface area contributed by atoms with E-state index in [4.69, 9.17) is 0 Å². The van der Waals surface area contributed by atoms with Crippen LogP contribution in [0.25, 0.3) is 0 Å². The highest BCUT2D eigenvalue weighted by atomic mass is 16.3. The minimum Gasteiger partial charge on any atom is -0.508 e. The van der Waals surface area contributed by atoms with Gasteiger partial charge in [-0.25, -0.2) is 0 Å². The van der Waals surface area contributed by atoms with E-state index in [1.54, 1.807) is 0 Å². The van der Waals surface area contributed by atoms with Crippen molar-refractivity contribution in [3.8, 4) is 11.5 Å². The summed E-state index contributed by atoms with van der Waals surface area (Å²) in [7, 11) is 0. The number of benzene rings is 2. The Labute approximate surface area is 102 Å². The largest absolute Gasteiger partial charge is 0.508 e. The topological polar surface area (TPSA) is 74.6 Å². The van der Waals surface area contributed by atoms with Gasteiger partial charge in [0.1, 0.15) is 11.5 Å². The minimum atomic E-state index is -0.369. The fraction of sp³-hybridized carbons (Fsp3) is 0. The Morgan fingerprint density at radius 2 is 1.00 bits per heavy atom. The van der Waals surface area contributed by atoms with E-state index in [1.807, 2.05) is 0 Å². The predicted molar refractivity (Wildman–Crippen MR) is 63.1 cm³/mol. The summed E-state index contributed by atoms with van der Waals surface area (Å²) in [5.41, 5.74) is 0.878. The lowest BCUT2D eigenvalue weighted by Crippen LogP contribution is -2.20. The second-order valence-corrected chi connectivity index (χ2v) is 4.12. The molecule has 0 heterocycles. The van der Waals surface area contributed by atoms with Crippen molar-refractivity contribution in [1.82, 2.24) is 0 Å². The van der Waals surface area contributed by atoms with Crippen LogP contribution in [0.15, 0.2) is 36.4 Å². The van der Waals surface area contributed by atoms with Crippen molar-refractivity contribution in [2.45, 2.75) is 0 Å². The summed E-state index contributed by atoms with van der Waals surface area (Å²) in [6, 6.07) is 8.14. The third kappa shape index (κ3) is 1.32. The lowest BCUT2D eigenvalue weighted by molar-refractivity contribution is 0.0978. The molecule has 0 atom stereocenters. The van der Waals surface area contributed by atoms with Crippen LogP contribution in [0.1, 0.15) is 31.8 Å². The van der Waals surface area contributed by atoms with Gasteiger partial charge in [0.25, 0.3) is 0 Å². The number of fused-ring (bicyclic) bond motifs is 2. The highest BCUT2D eigenvalue weighted by Gasteiger charge is 2.29. The molecule has 3 rings (SSSR count). The van der Waals surface area contributed by atoms with Crippen LogP contribution in [-0.4, -0.2) is 21.8 Å². The Balaban J connectivity index is 2.32. The third-order valence-corrected chi connectivity index (χ3v) is 2.98. The zero-order valence-corrected chi connectivity index (χ0v) is 9.18. The molecular weight excluding hydrogens is 232 g/mol. The van der Waals surface area contributed by atoms with E-state index in [9.17, 15) is 19.8 Å². The van der Waals surface area contributed by atoms with Crippen LogP contribution in [0.4, 0.5) is 0 Å². The number of rotatable bonds is 0. The second kappa shape index (κ2) is 3.43. The molecule has 2 N–H and O–H groups in total. The number of carbonyl (C=O) groups excluding carboxylic acids is 2. The van der Waals surface area contributed by atoms with Crippen LogP contribution < -0.4 is 0 Å². The number of phenolic OH excluding ortho intramolecular Hbond substituents is 2. The minimum absolute atomic E-state index is 0.0708. The van der Waals surface area contributed by atoms with E-state index in [1.165, 1.54) is 36.4 Å². The average molecular weight is 240 g/mol. The molecule has 0 radical (unpaired) electrons. The van der Waals surface area contributed by atoms with E-state index >= 15 is 0 Å². The quantitative estimate of drug-likeness (QED) is 0.629. The van der Waals surface area contributed by atoms with Gasteiger partial charge in [-0.1, -0.05) is 0 Å². The number of ketones is 2. The smallest absolute Gasteiger partial charge is 0.194 e. The van der Waals surface area contributed by atoms with Crippen molar-refractivity contribution in [3.05, 3.63) is 58.7 Å². The van der Waals surface area contributed by atoms with E-state index in [0.717, 1.165) is 0 Å². The lowest BCUT2D eigenvalue weighted by Gasteiger charge is -2.17. The van der Waals surface area contributed by atoms with Crippen LogP contribution >= 0.6 is 0 Å². The zero-order valence-electron chi connectivity index (χ0n) is 9.18.